The molecule has 0 radical (unpaired) electrons. The maximum absolute atomic E-state index is 12.1. The van der Waals surface area contributed by atoms with E-state index in [1.54, 1.807) is 7.05 Å². The van der Waals surface area contributed by atoms with Crippen molar-refractivity contribution < 1.29 is 9.53 Å². The first kappa shape index (κ1) is 15.7. The molecule has 19 heavy (non-hydrogen) atoms. The van der Waals surface area contributed by atoms with Crippen molar-refractivity contribution >= 4 is 5.97 Å². The number of ether oxygens (including phenoxy) is 1. The standard InChI is InChI=1S/C16H25NO2/c1-6-19-15(18)16(4,17-5)14-9-7-13(8-10-14)11-12(2)3/h7-10,12,17H,6,11H2,1-5H3. The van der Waals surface area contributed by atoms with Gasteiger partial charge in [-0.2, -0.15) is 0 Å². The van der Waals surface area contributed by atoms with Crippen LogP contribution in [0.3, 0.4) is 0 Å². The number of nitrogens with one attached hydrogen (secondary N) is 1. The fourth-order valence-electron chi connectivity index (χ4n) is 2.09. The summed E-state index contributed by atoms with van der Waals surface area (Å²) in [5, 5.41) is 3.07. The van der Waals surface area contributed by atoms with Gasteiger partial charge in [-0.05, 0) is 44.4 Å². The highest BCUT2D eigenvalue weighted by Gasteiger charge is 2.34. The van der Waals surface area contributed by atoms with Gasteiger partial charge in [0.05, 0.1) is 6.61 Å². The summed E-state index contributed by atoms with van der Waals surface area (Å²) in [4.78, 5) is 12.1. The predicted octanol–water partition coefficient (Wildman–Crippen LogP) is 2.88. The zero-order chi connectivity index (χ0) is 14.5. The highest BCUT2D eigenvalue weighted by molar-refractivity contribution is 5.82. The van der Waals surface area contributed by atoms with Crippen LogP contribution in [0.25, 0.3) is 0 Å². The Morgan fingerprint density at radius 2 is 1.89 bits per heavy atom. The fourth-order valence-corrected chi connectivity index (χ4v) is 2.09. The van der Waals surface area contributed by atoms with Crippen molar-refractivity contribution in [3.8, 4) is 0 Å². The van der Waals surface area contributed by atoms with Gasteiger partial charge in [-0.3, -0.25) is 0 Å². The van der Waals surface area contributed by atoms with Gasteiger partial charge in [0.2, 0.25) is 0 Å². The minimum absolute atomic E-state index is 0.242. The summed E-state index contributed by atoms with van der Waals surface area (Å²) in [6.07, 6.45) is 1.05. The summed E-state index contributed by atoms with van der Waals surface area (Å²) >= 11 is 0. The van der Waals surface area contributed by atoms with Crippen molar-refractivity contribution in [2.75, 3.05) is 13.7 Å². The van der Waals surface area contributed by atoms with Gasteiger partial charge in [0.15, 0.2) is 0 Å². The highest BCUT2D eigenvalue weighted by Crippen LogP contribution is 2.23. The van der Waals surface area contributed by atoms with Crippen LogP contribution in [-0.2, 0) is 21.5 Å². The van der Waals surface area contributed by atoms with Gasteiger partial charge in [-0.25, -0.2) is 4.79 Å². The second-order valence-electron chi connectivity index (χ2n) is 5.39. The maximum Gasteiger partial charge on any atom is 0.330 e. The van der Waals surface area contributed by atoms with Crippen molar-refractivity contribution in [3.05, 3.63) is 35.4 Å². The lowest BCUT2D eigenvalue weighted by atomic mass is 9.90. The van der Waals surface area contributed by atoms with Crippen LogP contribution in [0.4, 0.5) is 0 Å². The van der Waals surface area contributed by atoms with Gasteiger partial charge in [0.1, 0.15) is 5.54 Å². The molecule has 0 aliphatic rings. The van der Waals surface area contributed by atoms with E-state index in [1.807, 2.05) is 26.0 Å². The van der Waals surface area contributed by atoms with Gasteiger partial charge in [-0.15, -0.1) is 0 Å². The molecule has 0 amide bonds. The van der Waals surface area contributed by atoms with Crippen LogP contribution >= 0.6 is 0 Å². The Morgan fingerprint density at radius 1 is 1.32 bits per heavy atom. The van der Waals surface area contributed by atoms with Crippen LogP contribution in [0, 0.1) is 5.92 Å². The first-order valence-corrected chi connectivity index (χ1v) is 6.89. The van der Waals surface area contributed by atoms with Crippen molar-refractivity contribution in [3.63, 3.8) is 0 Å². The van der Waals surface area contributed by atoms with E-state index >= 15 is 0 Å². The molecule has 0 fully saturated rings. The molecule has 0 saturated carbocycles. The second-order valence-corrected chi connectivity index (χ2v) is 5.39. The molecular weight excluding hydrogens is 238 g/mol. The summed E-state index contributed by atoms with van der Waals surface area (Å²) in [5.74, 6) is 0.390. The summed E-state index contributed by atoms with van der Waals surface area (Å²) in [7, 11) is 1.78. The minimum atomic E-state index is -0.785. The molecule has 1 N–H and O–H groups in total. The number of benzene rings is 1. The average Bonchev–Trinajstić information content (AvgIpc) is 2.38. The fraction of sp³-hybridized carbons (Fsp3) is 0.562. The van der Waals surface area contributed by atoms with Crippen LogP contribution in [0.1, 0.15) is 38.8 Å². The van der Waals surface area contributed by atoms with Crippen molar-refractivity contribution in [1.29, 1.82) is 0 Å². The third kappa shape index (κ3) is 3.80. The van der Waals surface area contributed by atoms with Crippen LogP contribution in [-0.4, -0.2) is 19.6 Å². The first-order valence-electron chi connectivity index (χ1n) is 6.89. The number of carbonyl (C=O) groups is 1. The van der Waals surface area contributed by atoms with Crippen molar-refractivity contribution in [2.24, 2.45) is 5.92 Å². The van der Waals surface area contributed by atoms with Gasteiger partial charge < -0.3 is 10.1 Å². The number of hydrogen-bond acceptors (Lipinski definition) is 3. The van der Waals surface area contributed by atoms with Gasteiger partial charge in [0.25, 0.3) is 0 Å². The lowest BCUT2D eigenvalue weighted by molar-refractivity contribution is -0.150. The topological polar surface area (TPSA) is 38.3 Å². The molecule has 0 aromatic heterocycles. The van der Waals surface area contributed by atoms with E-state index < -0.39 is 5.54 Å². The third-order valence-electron chi connectivity index (χ3n) is 3.36. The van der Waals surface area contributed by atoms with Crippen LogP contribution in [0.2, 0.25) is 0 Å². The minimum Gasteiger partial charge on any atom is -0.464 e. The Morgan fingerprint density at radius 3 is 2.32 bits per heavy atom. The van der Waals surface area contributed by atoms with E-state index in [2.05, 4.69) is 31.3 Å². The Hall–Kier alpha value is -1.35. The number of rotatable bonds is 6. The van der Waals surface area contributed by atoms with Crippen LogP contribution in [0.5, 0.6) is 0 Å². The Labute approximate surface area is 116 Å². The molecule has 0 bridgehead atoms. The zero-order valence-electron chi connectivity index (χ0n) is 12.6. The smallest absolute Gasteiger partial charge is 0.330 e. The molecule has 1 unspecified atom stereocenters. The predicted molar refractivity (Wildman–Crippen MR) is 78.0 cm³/mol. The first-order chi connectivity index (χ1) is 8.93. The number of hydrogen-bond donors (Lipinski definition) is 1. The molecule has 1 rings (SSSR count). The molecule has 0 aliphatic carbocycles. The summed E-state index contributed by atoms with van der Waals surface area (Å²) in [5.41, 5.74) is 1.44. The monoisotopic (exact) mass is 263 g/mol. The van der Waals surface area contributed by atoms with E-state index in [-0.39, 0.29) is 5.97 Å². The Bertz CT molecular complexity index is 411. The maximum atomic E-state index is 12.1. The normalized spacial score (nSPS) is 14.2. The molecule has 1 aromatic carbocycles. The molecule has 0 spiro atoms. The van der Waals surface area contributed by atoms with Crippen LogP contribution < -0.4 is 5.32 Å². The van der Waals surface area contributed by atoms with Crippen LogP contribution in [0.15, 0.2) is 24.3 Å². The molecule has 0 saturated heterocycles. The molecule has 3 heteroatoms. The van der Waals surface area contributed by atoms with E-state index in [0.717, 1.165) is 12.0 Å². The van der Waals surface area contributed by atoms with Gasteiger partial charge >= 0.3 is 5.97 Å². The van der Waals surface area contributed by atoms with E-state index in [4.69, 9.17) is 4.74 Å². The second kappa shape index (κ2) is 6.71. The molecule has 0 heterocycles. The number of carbonyl (C=O) groups excluding carboxylic acids is 1. The molecule has 0 aliphatic heterocycles. The van der Waals surface area contributed by atoms with E-state index in [1.165, 1.54) is 5.56 Å². The van der Waals surface area contributed by atoms with Crippen molar-refractivity contribution in [2.45, 2.75) is 39.7 Å². The highest BCUT2D eigenvalue weighted by atomic mass is 16.5. The summed E-state index contributed by atoms with van der Waals surface area (Å²) in [6.45, 7) is 8.46. The lowest BCUT2D eigenvalue weighted by Crippen LogP contribution is -2.45. The lowest BCUT2D eigenvalue weighted by Gasteiger charge is -2.27. The average molecular weight is 263 g/mol. The largest absolute Gasteiger partial charge is 0.464 e. The number of likely N-dealkylation sites (N-methyl/N-ethyl adjacent to an activating group) is 1. The Kier molecular flexibility index (Phi) is 5.55. The molecular formula is C16H25NO2. The summed E-state index contributed by atoms with van der Waals surface area (Å²) in [6, 6.07) is 8.19. The SMILES string of the molecule is CCOC(=O)C(C)(NC)c1ccc(CC(C)C)cc1. The van der Waals surface area contributed by atoms with E-state index in [0.29, 0.717) is 12.5 Å². The zero-order valence-corrected chi connectivity index (χ0v) is 12.6. The summed E-state index contributed by atoms with van der Waals surface area (Å²) < 4.78 is 5.15. The quantitative estimate of drug-likeness (QED) is 0.802. The number of esters is 1. The third-order valence-corrected chi connectivity index (χ3v) is 3.36. The molecule has 1 atom stereocenters. The Balaban J connectivity index is 2.96. The molecule has 106 valence electrons. The van der Waals surface area contributed by atoms with Gasteiger partial charge in [0, 0.05) is 0 Å². The van der Waals surface area contributed by atoms with Gasteiger partial charge in [-0.1, -0.05) is 38.1 Å². The molecule has 1 aromatic rings. The molecule has 3 nitrogen and oxygen atoms in total. The van der Waals surface area contributed by atoms with E-state index in [9.17, 15) is 4.79 Å². The van der Waals surface area contributed by atoms with Crippen molar-refractivity contribution in [1.82, 2.24) is 5.32 Å².